The Morgan fingerprint density at radius 1 is 1.60 bits per heavy atom. The highest BCUT2D eigenvalue weighted by atomic mass is 31.2. The van der Waals surface area contributed by atoms with E-state index in [1.165, 1.54) is 6.42 Å². The summed E-state index contributed by atoms with van der Waals surface area (Å²) < 4.78 is 0. The monoisotopic (exact) mass is 161 g/mol. The molecule has 1 aliphatic heterocycles. The van der Waals surface area contributed by atoms with E-state index in [9.17, 15) is 4.89 Å². The van der Waals surface area contributed by atoms with Gasteiger partial charge in [-0.3, -0.25) is 4.89 Å². The van der Waals surface area contributed by atoms with E-state index < -0.39 is 7.49 Å². The zero-order chi connectivity index (χ0) is 7.61. The minimum Gasteiger partial charge on any atom is -0.252 e. The molecule has 0 aliphatic carbocycles. The van der Waals surface area contributed by atoms with Gasteiger partial charge >= 0.3 is 0 Å². The van der Waals surface area contributed by atoms with Gasteiger partial charge in [0.05, 0.1) is 18.5 Å². The highest BCUT2D eigenvalue weighted by Crippen LogP contribution is 2.61. The summed E-state index contributed by atoms with van der Waals surface area (Å²) in [6, 6.07) is 0. The largest absolute Gasteiger partial charge is 0.252 e. The van der Waals surface area contributed by atoms with Crippen LogP contribution in [0.5, 0.6) is 0 Å². The first-order valence-corrected chi connectivity index (χ1v) is 6.55. The third-order valence-corrected chi connectivity index (χ3v) is 6.00. The van der Waals surface area contributed by atoms with Gasteiger partial charge in [0, 0.05) is 0 Å². The fourth-order valence-corrected chi connectivity index (χ4v) is 5.53. The Kier molecular flexibility index (Phi) is 2.71. The van der Waals surface area contributed by atoms with Crippen LogP contribution >= 0.6 is 7.49 Å². The second-order valence-corrected chi connectivity index (χ2v) is 7.07. The fraction of sp³-hybridized carbons (Fsp3) is 1.00. The Labute approximate surface area is 64.3 Å². The zero-order valence-corrected chi connectivity index (χ0v) is 7.90. The van der Waals surface area contributed by atoms with Crippen molar-refractivity contribution in [1.29, 1.82) is 0 Å². The Morgan fingerprint density at radius 2 is 2.30 bits per heavy atom. The van der Waals surface area contributed by atoms with Crippen LogP contribution in [0.1, 0.15) is 26.7 Å². The van der Waals surface area contributed by atoms with Gasteiger partial charge in [0.25, 0.3) is 0 Å². The van der Waals surface area contributed by atoms with E-state index >= 15 is 0 Å². The Bertz CT molecular complexity index is 112. The lowest BCUT2D eigenvalue weighted by Crippen LogP contribution is -2.00. The van der Waals surface area contributed by atoms with Crippen molar-refractivity contribution in [2.45, 2.75) is 26.7 Å². The molecule has 0 amide bonds. The lowest BCUT2D eigenvalue weighted by molar-refractivity contribution is 0.598. The molecule has 0 saturated carbocycles. The smallest absolute Gasteiger partial charge is 0.142 e. The zero-order valence-electron chi connectivity index (χ0n) is 7.01. The van der Waals surface area contributed by atoms with Crippen LogP contribution in [-0.2, 0) is 0 Å². The molecule has 2 unspecified atom stereocenters. The Hall–Kier alpha value is 0.390. The maximum absolute atomic E-state index is 9.97. The van der Waals surface area contributed by atoms with Gasteiger partial charge in [0.15, 0.2) is 0 Å². The standard InChI is InChI=1S/C8H18OP/c1-3-5-10(9)6-4-8(2)7-10/h8-9H,3-7H2,1-2H3/q+1. The normalized spacial score (nSPS) is 40.5. The van der Waals surface area contributed by atoms with Crippen molar-refractivity contribution < 1.29 is 4.89 Å². The number of hydrogen-bond donors (Lipinski definition) is 1. The van der Waals surface area contributed by atoms with Crippen LogP contribution in [0.4, 0.5) is 0 Å². The topological polar surface area (TPSA) is 20.2 Å². The van der Waals surface area contributed by atoms with Crippen LogP contribution in [0, 0.1) is 5.92 Å². The molecule has 2 heteroatoms. The summed E-state index contributed by atoms with van der Waals surface area (Å²) in [5, 5.41) is 0. The molecule has 10 heavy (non-hydrogen) atoms. The molecule has 0 spiro atoms. The summed E-state index contributed by atoms with van der Waals surface area (Å²) in [7, 11) is -1.38. The number of hydrogen-bond acceptors (Lipinski definition) is 1. The summed E-state index contributed by atoms with van der Waals surface area (Å²) in [5.41, 5.74) is 0. The molecule has 1 aliphatic rings. The molecule has 1 saturated heterocycles. The molecule has 60 valence electrons. The summed E-state index contributed by atoms with van der Waals surface area (Å²) >= 11 is 0. The van der Waals surface area contributed by atoms with Crippen molar-refractivity contribution in [3.8, 4) is 0 Å². The van der Waals surface area contributed by atoms with E-state index in [1.807, 2.05) is 0 Å². The average molecular weight is 161 g/mol. The fourth-order valence-electron chi connectivity index (χ4n) is 1.84. The van der Waals surface area contributed by atoms with Crippen LogP contribution < -0.4 is 0 Å². The molecule has 1 rings (SSSR count). The molecule has 2 atom stereocenters. The van der Waals surface area contributed by atoms with Crippen molar-refractivity contribution in [3.63, 3.8) is 0 Å². The van der Waals surface area contributed by atoms with Gasteiger partial charge in [-0.25, -0.2) is 0 Å². The van der Waals surface area contributed by atoms with E-state index in [1.54, 1.807) is 0 Å². The second-order valence-electron chi connectivity index (χ2n) is 3.62. The molecule has 1 heterocycles. The average Bonchev–Trinajstić information content (AvgIpc) is 2.12. The van der Waals surface area contributed by atoms with Crippen LogP contribution in [0.3, 0.4) is 0 Å². The first-order valence-electron chi connectivity index (χ1n) is 4.25. The van der Waals surface area contributed by atoms with Crippen LogP contribution in [0.2, 0.25) is 0 Å². The van der Waals surface area contributed by atoms with Crippen molar-refractivity contribution in [2.24, 2.45) is 5.92 Å². The van der Waals surface area contributed by atoms with Gasteiger partial charge in [-0.15, -0.1) is 0 Å². The summed E-state index contributed by atoms with van der Waals surface area (Å²) in [4.78, 5) is 9.97. The maximum Gasteiger partial charge on any atom is 0.142 e. The highest BCUT2D eigenvalue weighted by Gasteiger charge is 2.41. The van der Waals surface area contributed by atoms with E-state index in [-0.39, 0.29) is 0 Å². The van der Waals surface area contributed by atoms with E-state index in [2.05, 4.69) is 13.8 Å². The van der Waals surface area contributed by atoms with Gasteiger partial charge in [-0.05, 0) is 18.8 Å². The van der Waals surface area contributed by atoms with Crippen LogP contribution in [0.25, 0.3) is 0 Å². The van der Waals surface area contributed by atoms with Crippen molar-refractivity contribution in [1.82, 2.24) is 0 Å². The molecule has 1 fully saturated rings. The summed E-state index contributed by atoms with van der Waals surface area (Å²) in [6.45, 7) is 4.43. The lowest BCUT2D eigenvalue weighted by atomic mass is 10.2. The highest BCUT2D eigenvalue weighted by molar-refractivity contribution is 7.70. The van der Waals surface area contributed by atoms with Crippen molar-refractivity contribution in [2.75, 3.05) is 18.5 Å². The van der Waals surface area contributed by atoms with Gasteiger partial charge in [0.1, 0.15) is 7.49 Å². The first-order chi connectivity index (χ1) is 4.66. The lowest BCUT2D eigenvalue weighted by Gasteiger charge is -2.11. The summed E-state index contributed by atoms with van der Waals surface area (Å²) in [5.74, 6) is 0.796. The van der Waals surface area contributed by atoms with Crippen LogP contribution in [0.15, 0.2) is 0 Å². The molecule has 0 bridgehead atoms. The molecule has 1 nitrogen and oxygen atoms in total. The van der Waals surface area contributed by atoms with Gasteiger partial charge in [-0.1, -0.05) is 13.8 Å². The third-order valence-electron chi connectivity index (χ3n) is 2.33. The molecule has 1 N–H and O–H groups in total. The van der Waals surface area contributed by atoms with Crippen LogP contribution in [-0.4, -0.2) is 23.4 Å². The van der Waals surface area contributed by atoms with Gasteiger partial charge in [0.2, 0.25) is 0 Å². The van der Waals surface area contributed by atoms with Crippen molar-refractivity contribution in [3.05, 3.63) is 0 Å². The third kappa shape index (κ3) is 1.93. The summed E-state index contributed by atoms with van der Waals surface area (Å²) in [6.07, 6.45) is 5.82. The van der Waals surface area contributed by atoms with E-state index in [4.69, 9.17) is 0 Å². The Morgan fingerprint density at radius 3 is 2.70 bits per heavy atom. The molecular weight excluding hydrogens is 143 g/mol. The predicted octanol–water partition coefficient (Wildman–Crippen LogP) is 2.36. The quantitative estimate of drug-likeness (QED) is 0.616. The molecular formula is C8H18OP+. The maximum atomic E-state index is 9.97. The molecule has 0 aromatic heterocycles. The molecule has 0 radical (unpaired) electrons. The van der Waals surface area contributed by atoms with E-state index in [0.29, 0.717) is 0 Å². The second kappa shape index (κ2) is 3.19. The molecule has 0 aromatic rings. The van der Waals surface area contributed by atoms with Gasteiger partial charge in [-0.2, -0.15) is 0 Å². The molecule has 0 aromatic carbocycles. The minimum absolute atomic E-state index is 0.796. The van der Waals surface area contributed by atoms with E-state index in [0.717, 1.165) is 30.8 Å². The predicted molar refractivity (Wildman–Crippen MR) is 47.8 cm³/mol. The minimum atomic E-state index is -1.38. The van der Waals surface area contributed by atoms with Gasteiger partial charge < -0.3 is 0 Å². The SMILES string of the molecule is CCC[P+]1(O)CCC(C)C1. The Balaban J connectivity index is 2.38. The van der Waals surface area contributed by atoms with Crippen molar-refractivity contribution >= 4 is 7.49 Å². The number of rotatable bonds is 2. The first kappa shape index (κ1) is 8.49.